The predicted molar refractivity (Wildman–Crippen MR) is 76.7 cm³/mol. The summed E-state index contributed by atoms with van der Waals surface area (Å²) in [6.45, 7) is 4.07. The van der Waals surface area contributed by atoms with Crippen LogP contribution in [0, 0.1) is 5.41 Å². The Morgan fingerprint density at radius 2 is 2.00 bits per heavy atom. The minimum atomic E-state index is -0.701. The Kier molecular flexibility index (Phi) is 4.39. The Bertz CT molecular complexity index is 482. The molecule has 3 nitrogen and oxygen atoms in total. The van der Waals surface area contributed by atoms with Gasteiger partial charge < -0.3 is 5.11 Å². The molecule has 104 valence electrons. The van der Waals surface area contributed by atoms with Gasteiger partial charge in [0.25, 0.3) is 0 Å². The smallest absolute Gasteiger partial charge is 0.309 e. The maximum absolute atomic E-state index is 11.2. The number of likely N-dealkylation sites (tertiary alicyclic amines) is 1. The van der Waals surface area contributed by atoms with Gasteiger partial charge in [0.2, 0.25) is 0 Å². The molecule has 2 rings (SSSR count). The number of carboxylic acid groups (broad SMARTS) is 1. The second-order valence-corrected chi connectivity index (χ2v) is 6.22. The molecule has 0 atom stereocenters. The van der Waals surface area contributed by atoms with E-state index in [9.17, 15) is 9.90 Å². The zero-order valence-corrected chi connectivity index (χ0v) is 12.3. The summed E-state index contributed by atoms with van der Waals surface area (Å²) in [5.74, 6) is -0.701. The minimum Gasteiger partial charge on any atom is -0.481 e. The van der Waals surface area contributed by atoms with Crippen LogP contribution in [0.4, 0.5) is 0 Å². The molecular weight excluding hydrogens is 285 g/mol. The molecule has 0 bridgehead atoms. The third kappa shape index (κ3) is 3.41. The number of aliphatic carboxylic acids is 1. The van der Waals surface area contributed by atoms with Gasteiger partial charge in [0.1, 0.15) is 0 Å². The molecule has 19 heavy (non-hydrogen) atoms. The summed E-state index contributed by atoms with van der Waals surface area (Å²) < 4.78 is 0. The first-order valence-electron chi connectivity index (χ1n) is 6.30. The summed E-state index contributed by atoms with van der Waals surface area (Å²) in [6.07, 6.45) is 1.33. The number of rotatable bonds is 3. The average Bonchev–Trinajstić information content (AvgIpc) is 2.36. The van der Waals surface area contributed by atoms with Gasteiger partial charge >= 0.3 is 5.97 Å². The van der Waals surface area contributed by atoms with Gasteiger partial charge in [0.05, 0.1) is 5.41 Å². The first-order valence-corrected chi connectivity index (χ1v) is 7.06. The normalized spacial score (nSPS) is 19.3. The van der Waals surface area contributed by atoms with Crippen molar-refractivity contribution in [1.82, 2.24) is 4.90 Å². The van der Waals surface area contributed by atoms with Crippen molar-refractivity contribution in [2.24, 2.45) is 5.41 Å². The molecule has 1 aliphatic heterocycles. The van der Waals surface area contributed by atoms with Gasteiger partial charge in [-0.05, 0) is 56.6 Å². The lowest BCUT2D eigenvalue weighted by Crippen LogP contribution is -2.42. The van der Waals surface area contributed by atoms with Crippen molar-refractivity contribution in [3.63, 3.8) is 0 Å². The monoisotopic (exact) mass is 301 g/mol. The third-order valence-corrected chi connectivity index (χ3v) is 4.48. The molecular formula is C14H17Cl2NO2. The van der Waals surface area contributed by atoms with E-state index < -0.39 is 11.4 Å². The van der Waals surface area contributed by atoms with Crippen LogP contribution in [0.25, 0.3) is 0 Å². The van der Waals surface area contributed by atoms with Gasteiger partial charge in [-0.15, -0.1) is 0 Å². The molecule has 0 unspecified atom stereocenters. The van der Waals surface area contributed by atoms with Crippen LogP contribution in [-0.4, -0.2) is 29.1 Å². The fraction of sp³-hybridized carbons (Fsp3) is 0.500. The molecule has 1 aliphatic rings. The quantitative estimate of drug-likeness (QED) is 0.926. The highest BCUT2D eigenvalue weighted by Gasteiger charge is 2.36. The number of halogens is 2. The first-order chi connectivity index (χ1) is 8.90. The van der Waals surface area contributed by atoms with Crippen LogP contribution >= 0.6 is 23.2 Å². The number of carbonyl (C=O) groups is 1. The molecule has 0 aromatic heterocycles. The van der Waals surface area contributed by atoms with E-state index in [-0.39, 0.29) is 0 Å². The molecule has 1 saturated heterocycles. The van der Waals surface area contributed by atoms with Gasteiger partial charge in [0.15, 0.2) is 0 Å². The Labute approximate surface area is 123 Å². The Morgan fingerprint density at radius 1 is 1.37 bits per heavy atom. The molecule has 1 fully saturated rings. The molecule has 0 saturated carbocycles. The number of carboxylic acids is 1. The van der Waals surface area contributed by atoms with Crippen LogP contribution in [-0.2, 0) is 11.3 Å². The van der Waals surface area contributed by atoms with Gasteiger partial charge in [-0.25, -0.2) is 0 Å². The molecule has 0 radical (unpaired) electrons. The summed E-state index contributed by atoms with van der Waals surface area (Å²) in [5.41, 5.74) is 0.405. The topological polar surface area (TPSA) is 40.5 Å². The van der Waals surface area contributed by atoms with Crippen molar-refractivity contribution in [3.05, 3.63) is 33.8 Å². The fourth-order valence-corrected chi connectivity index (χ4v) is 2.70. The maximum Gasteiger partial charge on any atom is 0.309 e. The Balaban J connectivity index is 1.99. The van der Waals surface area contributed by atoms with Crippen LogP contribution in [0.5, 0.6) is 0 Å². The number of hydrogen-bond donors (Lipinski definition) is 1. The summed E-state index contributed by atoms with van der Waals surface area (Å²) in [4.78, 5) is 13.4. The lowest BCUT2D eigenvalue weighted by molar-refractivity contribution is -0.150. The van der Waals surface area contributed by atoms with E-state index in [0.29, 0.717) is 22.9 Å². The average molecular weight is 302 g/mol. The van der Waals surface area contributed by atoms with Crippen LogP contribution in [0.1, 0.15) is 25.3 Å². The number of hydrogen-bond acceptors (Lipinski definition) is 2. The summed E-state index contributed by atoms with van der Waals surface area (Å²) in [6, 6.07) is 5.44. The molecule has 0 spiro atoms. The lowest BCUT2D eigenvalue weighted by atomic mass is 9.80. The molecule has 1 aromatic carbocycles. The SMILES string of the molecule is CC1(C(=O)O)CCN(Cc2cc(Cl)ccc2Cl)CC1. The van der Waals surface area contributed by atoms with E-state index in [1.807, 2.05) is 13.0 Å². The van der Waals surface area contributed by atoms with Crippen molar-refractivity contribution >= 4 is 29.2 Å². The second kappa shape index (κ2) is 5.70. The zero-order valence-electron chi connectivity index (χ0n) is 10.8. The van der Waals surface area contributed by atoms with Crippen molar-refractivity contribution in [1.29, 1.82) is 0 Å². The Hall–Kier alpha value is -0.770. The number of piperidine rings is 1. The van der Waals surface area contributed by atoms with E-state index in [4.69, 9.17) is 23.2 Å². The minimum absolute atomic E-state index is 0.589. The molecule has 5 heteroatoms. The predicted octanol–water partition coefficient (Wildman–Crippen LogP) is 3.68. The van der Waals surface area contributed by atoms with Crippen molar-refractivity contribution in [2.75, 3.05) is 13.1 Å². The van der Waals surface area contributed by atoms with Crippen molar-refractivity contribution < 1.29 is 9.90 Å². The molecule has 0 amide bonds. The molecule has 1 heterocycles. The summed E-state index contributed by atoms with van der Waals surface area (Å²) in [7, 11) is 0. The largest absolute Gasteiger partial charge is 0.481 e. The van der Waals surface area contributed by atoms with E-state index in [1.165, 1.54) is 0 Å². The van der Waals surface area contributed by atoms with E-state index in [0.717, 1.165) is 25.2 Å². The molecule has 0 aliphatic carbocycles. The number of nitrogens with zero attached hydrogens (tertiary/aromatic N) is 1. The van der Waals surface area contributed by atoms with Crippen LogP contribution in [0.15, 0.2) is 18.2 Å². The standard InChI is InChI=1S/C14H17Cl2NO2/c1-14(13(18)19)4-6-17(7-5-14)9-10-8-11(15)2-3-12(10)16/h2-3,8H,4-7,9H2,1H3,(H,18,19). The maximum atomic E-state index is 11.2. The van der Waals surface area contributed by atoms with E-state index >= 15 is 0 Å². The third-order valence-electron chi connectivity index (χ3n) is 3.88. The van der Waals surface area contributed by atoms with Crippen molar-refractivity contribution in [3.8, 4) is 0 Å². The molecule has 1 N–H and O–H groups in total. The van der Waals surface area contributed by atoms with Crippen LogP contribution in [0.3, 0.4) is 0 Å². The zero-order chi connectivity index (χ0) is 14.0. The summed E-state index contributed by atoms with van der Waals surface area (Å²) >= 11 is 12.1. The van der Waals surface area contributed by atoms with Crippen LogP contribution in [0.2, 0.25) is 10.0 Å². The highest BCUT2D eigenvalue weighted by Crippen LogP contribution is 2.32. The van der Waals surface area contributed by atoms with Gasteiger partial charge in [-0.2, -0.15) is 0 Å². The van der Waals surface area contributed by atoms with Gasteiger partial charge in [-0.3, -0.25) is 9.69 Å². The highest BCUT2D eigenvalue weighted by molar-refractivity contribution is 6.33. The van der Waals surface area contributed by atoms with Crippen molar-refractivity contribution in [2.45, 2.75) is 26.3 Å². The fourth-order valence-electron chi connectivity index (χ4n) is 2.32. The lowest BCUT2D eigenvalue weighted by Gasteiger charge is -2.36. The Morgan fingerprint density at radius 3 is 2.58 bits per heavy atom. The highest BCUT2D eigenvalue weighted by atomic mass is 35.5. The first kappa shape index (κ1) is 14.6. The van der Waals surface area contributed by atoms with Gasteiger partial charge in [-0.1, -0.05) is 23.2 Å². The van der Waals surface area contributed by atoms with E-state index in [2.05, 4.69) is 4.90 Å². The van der Waals surface area contributed by atoms with Crippen LogP contribution < -0.4 is 0 Å². The van der Waals surface area contributed by atoms with Gasteiger partial charge in [0, 0.05) is 16.6 Å². The molecule has 1 aromatic rings. The summed E-state index contributed by atoms with van der Waals surface area (Å²) in [5, 5.41) is 10.6. The number of benzene rings is 1. The van der Waals surface area contributed by atoms with E-state index in [1.54, 1.807) is 12.1 Å². The second-order valence-electron chi connectivity index (χ2n) is 5.38.